The van der Waals surface area contributed by atoms with Gasteiger partial charge in [-0.3, -0.25) is 9.78 Å². The minimum atomic E-state index is -2.90. The van der Waals surface area contributed by atoms with Crippen LogP contribution in [0.15, 0.2) is 18.3 Å². The summed E-state index contributed by atoms with van der Waals surface area (Å²) >= 11 is 0. The van der Waals surface area contributed by atoms with E-state index in [1.54, 1.807) is 18.3 Å². The summed E-state index contributed by atoms with van der Waals surface area (Å²) in [5, 5.41) is 0. The van der Waals surface area contributed by atoms with Crippen LogP contribution in [0.3, 0.4) is 0 Å². The van der Waals surface area contributed by atoms with Gasteiger partial charge in [0.05, 0.1) is 11.5 Å². The van der Waals surface area contributed by atoms with Crippen molar-refractivity contribution in [3.05, 3.63) is 29.6 Å². The first kappa shape index (κ1) is 12.2. The molecule has 2 heterocycles. The number of nitrogens with zero attached hydrogens (tertiary/aromatic N) is 1. The van der Waals surface area contributed by atoms with E-state index in [0.717, 1.165) is 5.69 Å². The van der Waals surface area contributed by atoms with E-state index >= 15 is 0 Å². The molecule has 17 heavy (non-hydrogen) atoms. The Bertz CT molecular complexity index is 519. The number of ketones is 1. The maximum absolute atomic E-state index is 11.9. The van der Waals surface area contributed by atoms with Crippen LogP contribution in [0.25, 0.3) is 0 Å². The van der Waals surface area contributed by atoms with E-state index in [0.29, 0.717) is 18.4 Å². The molecule has 1 aromatic heterocycles. The van der Waals surface area contributed by atoms with E-state index in [1.165, 1.54) is 0 Å². The summed E-state index contributed by atoms with van der Waals surface area (Å²) in [4.78, 5) is 16.0. The number of hydrogen-bond acceptors (Lipinski definition) is 4. The van der Waals surface area contributed by atoms with Gasteiger partial charge >= 0.3 is 0 Å². The highest BCUT2D eigenvalue weighted by molar-refractivity contribution is 7.91. The third-order valence-corrected chi connectivity index (χ3v) is 4.87. The Morgan fingerprint density at radius 2 is 2.24 bits per heavy atom. The first-order chi connectivity index (χ1) is 7.96. The summed E-state index contributed by atoms with van der Waals surface area (Å²) in [7, 11) is -2.90. The van der Waals surface area contributed by atoms with Crippen LogP contribution in [0.4, 0.5) is 0 Å². The molecule has 0 bridgehead atoms. The minimum Gasteiger partial charge on any atom is -0.294 e. The molecule has 1 aliphatic rings. The zero-order valence-electron chi connectivity index (χ0n) is 9.72. The van der Waals surface area contributed by atoms with Crippen molar-refractivity contribution in [2.24, 2.45) is 5.92 Å². The van der Waals surface area contributed by atoms with Gasteiger partial charge in [-0.05, 0) is 31.4 Å². The fraction of sp³-hybridized carbons (Fsp3) is 0.500. The van der Waals surface area contributed by atoms with Crippen LogP contribution in [0, 0.1) is 12.8 Å². The highest BCUT2D eigenvalue weighted by atomic mass is 32.2. The number of carbonyl (C=O) groups excluding carboxylic acids is 1. The van der Waals surface area contributed by atoms with Gasteiger partial charge < -0.3 is 0 Å². The zero-order chi connectivity index (χ0) is 12.5. The second kappa shape index (κ2) is 4.56. The summed E-state index contributed by atoms with van der Waals surface area (Å²) < 4.78 is 22.6. The van der Waals surface area contributed by atoms with Gasteiger partial charge in [0, 0.05) is 23.9 Å². The standard InChI is InChI=1S/C12H15NO3S/c1-9-2-3-11(7-13-9)12(14)6-10-4-5-17(15,16)8-10/h2-3,7,10H,4-6,8H2,1H3. The molecule has 1 aromatic rings. The van der Waals surface area contributed by atoms with E-state index in [-0.39, 0.29) is 23.2 Å². The lowest BCUT2D eigenvalue weighted by molar-refractivity contribution is 0.0965. The van der Waals surface area contributed by atoms with Crippen molar-refractivity contribution in [2.75, 3.05) is 11.5 Å². The average molecular weight is 253 g/mol. The maximum atomic E-state index is 11.9. The van der Waals surface area contributed by atoms with Gasteiger partial charge in [0.2, 0.25) is 0 Å². The number of hydrogen-bond donors (Lipinski definition) is 0. The molecule has 1 fully saturated rings. The molecule has 1 unspecified atom stereocenters. The lowest BCUT2D eigenvalue weighted by atomic mass is 9.99. The second-order valence-electron chi connectivity index (χ2n) is 4.58. The van der Waals surface area contributed by atoms with Crippen molar-refractivity contribution in [3.63, 3.8) is 0 Å². The zero-order valence-corrected chi connectivity index (χ0v) is 10.5. The van der Waals surface area contributed by atoms with Crippen molar-refractivity contribution in [1.29, 1.82) is 0 Å². The number of sulfone groups is 1. The molecule has 0 radical (unpaired) electrons. The van der Waals surface area contributed by atoms with Crippen LogP contribution >= 0.6 is 0 Å². The Balaban J connectivity index is 2.01. The highest BCUT2D eigenvalue weighted by Gasteiger charge is 2.29. The molecular weight excluding hydrogens is 238 g/mol. The molecule has 2 rings (SSSR count). The largest absolute Gasteiger partial charge is 0.294 e. The lowest BCUT2D eigenvalue weighted by Gasteiger charge is -2.06. The number of pyridine rings is 1. The number of Topliss-reactive ketones (excluding diaryl/α,β-unsaturated/α-hetero) is 1. The second-order valence-corrected chi connectivity index (χ2v) is 6.81. The topological polar surface area (TPSA) is 64.1 Å². The van der Waals surface area contributed by atoms with Gasteiger partial charge in [-0.25, -0.2) is 8.42 Å². The van der Waals surface area contributed by atoms with Gasteiger partial charge in [-0.15, -0.1) is 0 Å². The summed E-state index contributed by atoms with van der Waals surface area (Å²) in [6, 6.07) is 3.53. The molecule has 0 saturated carbocycles. The Hall–Kier alpha value is -1.23. The Kier molecular flexibility index (Phi) is 3.28. The molecule has 5 heteroatoms. The van der Waals surface area contributed by atoms with Crippen molar-refractivity contribution in [2.45, 2.75) is 19.8 Å². The first-order valence-electron chi connectivity index (χ1n) is 5.62. The lowest BCUT2D eigenvalue weighted by Crippen LogP contribution is -2.11. The SMILES string of the molecule is Cc1ccc(C(=O)CC2CCS(=O)(=O)C2)cn1. The third-order valence-electron chi connectivity index (χ3n) is 3.03. The van der Waals surface area contributed by atoms with E-state index in [9.17, 15) is 13.2 Å². The van der Waals surface area contributed by atoms with Crippen molar-refractivity contribution in [3.8, 4) is 0 Å². The quantitative estimate of drug-likeness (QED) is 0.764. The van der Waals surface area contributed by atoms with Gasteiger partial charge in [0.25, 0.3) is 0 Å². The monoisotopic (exact) mass is 253 g/mol. The first-order valence-corrected chi connectivity index (χ1v) is 7.45. The molecule has 92 valence electrons. The molecule has 1 aliphatic heterocycles. The van der Waals surface area contributed by atoms with Crippen LogP contribution < -0.4 is 0 Å². The molecular formula is C12H15NO3S. The maximum Gasteiger partial charge on any atom is 0.164 e. The third kappa shape index (κ3) is 3.12. The number of rotatable bonds is 3. The minimum absolute atomic E-state index is 0.0143. The molecule has 0 spiro atoms. The van der Waals surface area contributed by atoms with E-state index in [4.69, 9.17) is 0 Å². The van der Waals surface area contributed by atoms with Gasteiger partial charge in [-0.1, -0.05) is 0 Å². The van der Waals surface area contributed by atoms with Gasteiger partial charge in [0.1, 0.15) is 0 Å². The summed E-state index contributed by atoms with van der Waals surface area (Å²) in [5.41, 5.74) is 1.44. The molecule has 0 aliphatic carbocycles. The summed E-state index contributed by atoms with van der Waals surface area (Å²) in [6.45, 7) is 1.86. The molecule has 0 amide bonds. The number of aryl methyl sites for hydroxylation is 1. The normalized spacial score (nSPS) is 22.5. The van der Waals surface area contributed by atoms with Crippen LogP contribution in [0.1, 0.15) is 28.9 Å². The summed E-state index contributed by atoms with van der Waals surface area (Å²) in [5.74, 6) is 0.336. The predicted molar refractivity (Wildman–Crippen MR) is 64.7 cm³/mol. The van der Waals surface area contributed by atoms with Crippen molar-refractivity contribution >= 4 is 15.6 Å². The fourth-order valence-electron chi connectivity index (χ4n) is 2.05. The van der Waals surface area contributed by atoms with Crippen LogP contribution in [0.2, 0.25) is 0 Å². The molecule has 1 saturated heterocycles. The Morgan fingerprint density at radius 1 is 1.47 bits per heavy atom. The van der Waals surface area contributed by atoms with Gasteiger partial charge in [0.15, 0.2) is 15.6 Å². The highest BCUT2D eigenvalue weighted by Crippen LogP contribution is 2.23. The average Bonchev–Trinajstić information content (AvgIpc) is 2.59. The Morgan fingerprint density at radius 3 is 2.76 bits per heavy atom. The van der Waals surface area contributed by atoms with Gasteiger partial charge in [-0.2, -0.15) is 0 Å². The Labute approximate surface area is 101 Å². The number of aromatic nitrogens is 1. The fourth-order valence-corrected chi connectivity index (χ4v) is 3.91. The van der Waals surface area contributed by atoms with E-state index in [2.05, 4.69) is 4.98 Å². The van der Waals surface area contributed by atoms with Crippen LogP contribution in [-0.2, 0) is 9.84 Å². The predicted octanol–water partition coefficient (Wildman–Crippen LogP) is 1.40. The number of carbonyl (C=O) groups is 1. The van der Waals surface area contributed by atoms with Crippen LogP contribution in [0.5, 0.6) is 0 Å². The molecule has 0 aromatic carbocycles. The van der Waals surface area contributed by atoms with Crippen molar-refractivity contribution < 1.29 is 13.2 Å². The van der Waals surface area contributed by atoms with Crippen molar-refractivity contribution in [1.82, 2.24) is 4.98 Å². The van der Waals surface area contributed by atoms with E-state index in [1.807, 2.05) is 6.92 Å². The van der Waals surface area contributed by atoms with E-state index < -0.39 is 9.84 Å². The molecule has 0 N–H and O–H groups in total. The smallest absolute Gasteiger partial charge is 0.164 e. The molecule has 1 atom stereocenters. The molecule has 4 nitrogen and oxygen atoms in total. The van der Waals surface area contributed by atoms with Crippen LogP contribution in [-0.4, -0.2) is 30.7 Å². The summed E-state index contributed by atoms with van der Waals surface area (Å²) in [6.07, 6.45) is 2.47.